The standard InChI is InChI=1S/C37H37N5O4/c43-27-11-9-24(19-27)36(45)41-15-1-3-33(41)32-21-26-17-22(7-13-29(26)38-32)5-6-23-8-14-30-31(18-23)40-35(39-30)34-4-2-16-42(34)37(46)25-10-12-28(44)20-25/h7-8,13-14,17-18,24-25,33-34H,1-4,9-12,15-16,19-21H2,(H,39,40)/t24-,25?,33?,34+/m1/s1. The van der Waals surface area contributed by atoms with Gasteiger partial charge in [-0.2, -0.15) is 0 Å². The Kier molecular flexibility index (Phi) is 7.31. The van der Waals surface area contributed by atoms with E-state index >= 15 is 0 Å². The highest BCUT2D eigenvalue weighted by molar-refractivity contribution is 6.01. The first kappa shape index (κ1) is 28.9. The molecule has 2 aliphatic carbocycles. The maximum absolute atomic E-state index is 13.2. The van der Waals surface area contributed by atoms with E-state index in [9.17, 15) is 19.2 Å². The highest BCUT2D eigenvalue weighted by atomic mass is 16.2. The summed E-state index contributed by atoms with van der Waals surface area (Å²) < 4.78 is 0. The molecule has 5 aliphatic rings. The molecule has 2 saturated carbocycles. The second-order valence-corrected chi connectivity index (χ2v) is 13.6. The SMILES string of the molecule is O=C1CCC(C(=O)N2CCC[C@H]2c2nc3ccc(C#Cc4ccc5c(c4)CC(C4CCCN4C(=O)[C@@H]4CCC(=O)C4)=N5)cc3[nH]2)C1. The van der Waals surface area contributed by atoms with E-state index in [2.05, 4.69) is 22.9 Å². The van der Waals surface area contributed by atoms with E-state index in [0.717, 1.165) is 77.2 Å². The van der Waals surface area contributed by atoms with Gasteiger partial charge in [-0.3, -0.25) is 24.2 Å². The Morgan fingerprint density at radius 2 is 1.41 bits per heavy atom. The lowest BCUT2D eigenvalue weighted by molar-refractivity contribution is -0.137. The van der Waals surface area contributed by atoms with Crippen molar-refractivity contribution in [3.8, 4) is 11.8 Å². The van der Waals surface area contributed by atoms with Crippen LogP contribution in [0.25, 0.3) is 11.0 Å². The lowest BCUT2D eigenvalue weighted by Gasteiger charge is -2.27. The van der Waals surface area contributed by atoms with Gasteiger partial charge in [0, 0.05) is 73.9 Å². The van der Waals surface area contributed by atoms with Gasteiger partial charge in [-0.1, -0.05) is 11.8 Å². The number of hydrogen-bond donors (Lipinski definition) is 1. The number of rotatable bonds is 4. The molecule has 1 N–H and O–H groups in total. The van der Waals surface area contributed by atoms with Gasteiger partial charge in [0.05, 0.1) is 28.8 Å². The fourth-order valence-corrected chi connectivity index (χ4v) is 8.12. The summed E-state index contributed by atoms with van der Waals surface area (Å²) in [7, 11) is 0. The van der Waals surface area contributed by atoms with Crippen molar-refractivity contribution in [2.45, 2.75) is 82.7 Å². The molecule has 4 heterocycles. The molecular formula is C37H37N5O4. The van der Waals surface area contributed by atoms with Crippen LogP contribution in [-0.2, 0) is 25.6 Å². The summed E-state index contributed by atoms with van der Waals surface area (Å²) in [5.74, 6) is 7.66. The Morgan fingerprint density at radius 3 is 2.09 bits per heavy atom. The smallest absolute Gasteiger partial charge is 0.226 e. The van der Waals surface area contributed by atoms with Crippen molar-refractivity contribution in [3.63, 3.8) is 0 Å². The van der Waals surface area contributed by atoms with Crippen molar-refractivity contribution in [1.82, 2.24) is 19.8 Å². The lowest BCUT2D eigenvalue weighted by atomic mass is 10.00. The third kappa shape index (κ3) is 5.34. The molecule has 0 bridgehead atoms. The van der Waals surface area contributed by atoms with Crippen molar-refractivity contribution < 1.29 is 19.2 Å². The van der Waals surface area contributed by atoms with Crippen molar-refractivity contribution >= 4 is 45.8 Å². The van der Waals surface area contributed by atoms with Crippen LogP contribution in [0.4, 0.5) is 5.69 Å². The summed E-state index contributed by atoms with van der Waals surface area (Å²) in [4.78, 5) is 67.1. The van der Waals surface area contributed by atoms with Crippen LogP contribution in [0.5, 0.6) is 0 Å². The molecule has 9 heteroatoms. The summed E-state index contributed by atoms with van der Waals surface area (Å²) in [5, 5.41) is 0. The molecule has 8 rings (SSSR count). The number of imidazole rings is 1. The van der Waals surface area contributed by atoms with Crippen LogP contribution in [0.1, 0.15) is 92.8 Å². The number of hydrogen-bond acceptors (Lipinski definition) is 6. The second-order valence-electron chi connectivity index (χ2n) is 13.6. The molecule has 3 aromatic rings. The zero-order chi connectivity index (χ0) is 31.4. The molecule has 4 atom stereocenters. The summed E-state index contributed by atoms with van der Waals surface area (Å²) in [6.45, 7) is 1.44. The summed E-state index contributed by atoms with van der Waals surface area (Å²) in [6.07, 6.45) is 7.50. The number of carbonyl (C=O) groups excluding carboxylic acids is 4. The Balaban J connectivity index is 0.950. The maximum Gasteiger partial charge on any atom is 0.226 e. The number of aromatic amines is 1. The quantitative estimate of drug-likeness (QED) is 0.416. The van der Waals surface area contributed by atoms with Crippen LogP contribution in [0.3, 0.4) is 0 Å². The van der Waals surface area contributed by atoms with E-state index in [0.29, 0.717) is 51.5 Å². The molecule has 2 amide bonds. The van der Waals surface area contributed by atoms with Crippen LogP contribution in [0.2, 0.25) is 0 Å². The third-order valence-electron chi connectivity index (χ3n) is 10.5. The van der Waals surface area contributed by atoms with E-state index < -0.39 is 0 Å². The first-order valence-corrected chi connectivity index (χ1v) is 16.8. The molecule has 2 saturated heterocycles. The molecule has 3 aliphatic heterocycles. The number of nitrogens with zero attached hydrogens (tertiary/aromatic N) is 4. The van der Waals surface area contributed by atoms with Gasteiger partial charge in [0.2, 0.25) is 11.8 Å². The van der Waals surface area contributed by atoms with Gasteiger partial charge in [-0.15, -0.1) is 0 Å². The van der Waals surface area contributed by atoms with Crippen molar-refractivity contribution in [3.05, 3.63) is 58.9 Å². The molecule has 4 fully saturated rings. The molecule has 9 nitrogen and oxygen atoms in total. The number of fused-ring (bicyclic) bond motifs is 2. The second kappa shape index (κ2) is 11.7. The molecule has 2 unspecified atom stereocenters. The average molecular weight is 616 g/mol. The van der Waals surface area contributed by atoms with Gasteiger partial charge < -0.3 is 14.8 Å². The minimum absolute atomic E-state index is 0.0116. The Hall–Kier alpha value is -4.58. The number of benzene rings is 2. The summed E-state index contributed by atoms with van der Waals surface area (Å²) >= 11 is 0. The topological polar surface area (TPSA) is 116 Å². The van der Waals surface area contributed by atoms with Gasteiger partial charge in [0.1, 0.15) is 17.4 Å². The van der Waals surface area contributed by atoms with E-state index in [1.54, 1.807) is 0 Å². The van der Waals surface area contributed by atoms with E-state index in [1.807, 2.05) is 40.1 Å². The van der Waals surface area contributed by atoms with Crippen LogP contribution in [0, 0.1) is 23.7 Å². The molecular weight excluding hydrogens is 578 g/mol. The Morgan fingerprint density at radius 1 is 0.783 bits per heavy atom. The first-order chi connectivity index (χ1) is 22.4. The fraction of sp³-hybridized carbons (Fsp3) is 0.459. The number of carbonyl (C=O) groups is 4. The monoisotopic (exact) mass is 615 g/mol. The lowest BCUT2D eigenvalue weighted by Crippen LogP contribution is -2.43. The van der Waals surface area contributed by atoms with Crippen molar-refractivity contribution in [1.29, 1.82) is 0 Å². The number of aromatic nitrogens is 2. The number of H-pyrrole nitrogens is 1. The van der Waals surface area contributed by atoms with E-state index in [1.165, 1.54) is 0 Å². The molecule has 234 valence electrons. The highest BCUT2D eigenvalue weighted by Crippen LogP contribution is 2.36. The van der Waals surface area contributed by atoms with Gasteiger partial charge in [-0.25, -0.2) is 4.98 Å². The maximum atomic E-state index is 13.2. The number of nitrogens with one attached hydrogen (secondary N) is 1. The van der Waals surface area contributed by atoms with Crippen LogP contribution < -0.4 is 0 Å². The molecule has 0 radical (unpaired) electrons. The zero-order valence-corrected chi connectivity index (χ0v) is 25.9. The molecule has 1 aromatic heterocycles. The van der Waals surface area contributed by atoms with Crippen LogP contribution in [0.15, 0.2) is 41.4 Å². The van der Waals surface area contributed by atoms with E-state index in [-0.39, 0.29) is 47.3 Å². The number of amides is 2. The number of Topliss-reactive ketones (excluding diaryl/α,β-unsaturated/α-hetero) is 2. The highest BCUT2D eigenvalue weighted by Gasteiger charge is 2.40. The zero-order valence-electron chi connectivity index (χ0n) is 25.9. The number of ketones is 2. The van der Waals surface area contributed by atoms with E-state index in [4.69, 9.17) is 9.98 Å². The summed E-state index contributed by atoms with van der Waals surface area (Å²) in [6, 6.07) is 12.0. The third-order valence-corrected chi connectivity index (χ3v) is 10.5. The van der Waals surface area contributed by atoms with Gasteiger partial charge >= 0.3 is 0 Å². The van der Waals surface area contributed by atoms with Gasteiger partial charge in [-0.05, 0) is 80.5 Å². The fourth-order valence-electron chi connectivity index (χ4n) is 8.12. The predicted octanol–water partition coefficient (Wildman–Crippen LogP) is 4.98. The predicted molar refractivity (Wildman–Crippen MR) is 172 cm³/mol. The minimum Gasteiger partial charge on any atom is -0.340 e. The van der Waals surface area contributed by atoms with Gasteiger partial charge in [0.15, 0.2) is 0 Å². The molecule has 0 spiro atoms. The molecule has 2 aromatic carbocycles. The average Bonchev–Trinajstić information content (AvgIpc) is 3.90. The van der Waals surface area contributed by atoms with Crippen LogP contribution >= 0.6 is 0 Å². The number of likely N-dealkylation sites (tertiary alicyclic amines) is 2. The molecule has 46 heavy (non-hydrogen) atoms. The Bertz CT molecular complexity index is 1880. The Labute approximate surface area is 267 Å². The van der Waals surface area contributed by atoms with Crippen molar-refractivity contribution in [2.75, 3.05) is 13.1 Å². The van der Waals surface area contributed by atoms with Crippen molar-refractivity contribution in [2.24, 2.45) is 16.8 Å². The number of aliphatic imine (C=N–C) groups is 1. The van der Waals surface area contributed by atoms with Crippen LogP contribution in [-0.4, -0.2) is 68.0 Å². The minimum atomic E-state index is -0.187. The van der Waals surface area contributed by atoms with Gasteiger partial charge in [0.25, 0.3) is 0 Å². The normalized spacial score (nSPS) is 25.7. The summed E-state index contributed by atoms with van der Waals surface area (Å²) in [5.41, 5.74) is 6.63. The first-order valence-electron chi connectivity index (χ1n) is 16.8. The largest absolute Gasteiger partial charge is 0.340 e.